The lowest BCUT2D eigenvalue weighted by atomic mass is 10.2. The Kier molecular flexibility index (Phi) is 4.11. The van der Waals surface area contributed by atoms with Crippen LogP contribution in [0.4, 0.5) is 15.8 Å². The van der Waals surface area contributed by atoms with Crippen LogP contribution in [-0.4, -0.2) is 13.5 Å². The Morgan fingerprint density at radius 1 is 1.29 bits per heavy atom. The molecule has 0 heterocycles. The fourth-order valence-corrected chi connectivity index (χ4v) is 3.46. The normalized spacial score (nSPS) is 11.4. The Morgan fingerprint density at radius 3 is 2.57 bits per heavy atom. The van der Waals surface area contributed by atoms with Crippen LogP contribution in [-0.2, 0) is 10.0 Å². The molecule has 8 heteroatoms. The van der Waals surface area contributed by atoms with Gasteiger partial charge in [0, 0.05) is 11.8 Å². The van der Waals surface area contributed by atoms with Crippen molar-refractivity contribution in [2.45, 2.75) is 11.8 Å². The maximum Gasteiger partial charge on any atom is 0.264 e. The summed E-state index contributed by atoms with van der Waals surface area (Å²) in [7, 11) is -4.16. The van der Waals surface area contributed by atoms with E-state index in [2.05, 4.69) is 20.7 Å². The van der Waals surface area contributed by atoms with Gasteiger partial charge in [-0.1, -0.05) is 6.07 Å². The molecule has 0 spiro atoms. The molecule has 2 aromatic rings. The molecular weight excluding hydrogens is 363 g/mol. The highest BCUT2D eigenvalue weighted by Crippen LogP contribution is 2.28. The fraction of sp³-hybridized carbons (Fsp3) is 0.0769. The van der Waals surface area contributed by atoms with Crippen LogP contribution >= 0.6 is 15.9 Å². The van der Waals surface area contributed by atoms with Gasteiger partial charge in [0.15, 0.2) is 5.82 Å². The van der Waals surface area contributed by atoms with Gasteiger partial charge in [0.05, 0.1) is 10.2 Å². The van der Waals surface area contributed by atoms with Gasteiger partial charge in [-0.3, -0.25) is 4.72 Å². The Balaban J connectivity index is 2.45. The number of benzene rings is 2. The van der Waals surface area contributed by atoms with Crippen LogP contribution < -0.4 is 10.5 Å². The Morgan fingerprint density at radius 2 is 1.95 bits per heavy atom. The van der Waals surface area contributed by atoms with Gasteiger partial charge in [0.1, 0.15) is 10.6 Å². The van der Waals surface area contributed by atoms with E-state index in [-0.39, 0.29) is 21.6 Å². The van der Waals surface area contributed by atoms with Crippen molar-refractivity contribution in [2.75, 3.05) is 10.5 Å². The lowest BCUT2D eigenvalue weighted by Crippen LogP contribution is -2.15. The molecule has 21 heavy (non-hydrogen) atoms. The number of halogens is 2. The van der Waals surface area contributed by atoms with Crippen LogP contribution in [0.1, 0.15) is 5.56 Å². The second-order valence-corrected chi connectivity index (χ2v) is 6.93. The van der Waals surface area contributed by atoms with E-state index in [9.17, 15) is 17.9 Å². The minimum atomic E-state index is -4.16. The van der Waals surface area contributed by atoms with E-state index < -0.39 is 20.7 Å². The third-order valence-electron chi connectivity index (χ3n) is 2.77. The number of nitrogens with one attached hydrogen (secondary N) is 1. The molecule has 4 N–H and O–H groups in total. The quantitative estimate of drug-likeness (QED) is 0.720. The minimum Gasteiger partial charge on any atom is -0.508 e. The van der Waals surface area contributed by atoms with Gasteiger partial charge in [0.25, 0.3) is 10.0 Å². The van der Waals surface area contributed by atoms with Gasteiger partial charge < -0.3 is 10.8 Å². The lowest BCUT2D eigenvalue weighted by Gasteiger charge is -2.11. The highest BCUT2D eigenvalue weighted by atomic mass is 79.9. The lowest BCUT2D eigenvalue weighted by molar-refractivity contribution is 0.471. The van der Waals surface area contributed by atoms with Crippen molar-refractivity contribution in [3.05, 3.63) is 46.2 Å². The van der Waals surface area contributed by atoms with Crippen molar-refractivity contribution in [3.8, 4) is 5.75 Å². The average molecular weight is 375 g/mol. The number of nitrogens with two attached hydrogens (primary N) is 1. The van der Waals surface area contributed by atoms with Crippen molar-refractivity contribution < 1.29 is 17.9 Å². The Bertz CT molecular complexity index is 809. The first-order valence-electron chi connectivity index (χ1n) is 5.77. The Labute approximate surface area is 129 Å². The van der Waals surface area contributed by atoms with Crippen LogP contribution in [0.2, 0.25) is 0 Å². The zero-order valence-corrected chi connectivity index (χ0v) is 13.3. The van der Waals surface area contributed by atoms with E-state index in [1.54, 1.807) is 13.0 Å². The highest BCUT2D eigenvalue weighted by molar-refractivity contribution is 9.10. The average Bonchev–Trinajstić information content (AvgIpc) is 2.37. The number of hydrogen-bond donors (Lipinski definition) is 3. The molecule has 2 aromatic carbocycles. The van der Waals surface area contributed by atoms with Crippen LogP contribution in [0.3, 0.4) is 0 Å². The number of rotatable bonds is 3. The summed E-state index contributed by atoms with van der Waals surface area (Å²) < 4.78 is 40.5. The van der Waals surface area contributed by atoms with Gasteiger partial charge >= 0.3 is 0 Å². The van der Waals surface area contributed by atoms with Crippen molar-refractivity contribution in [1.82, 2.24) is 0 Å². The smallest absolute Gasteiger partial charge is 0.264 e. The van der Waals surface area contributed by atoms with Crippen molar-refractivity contribution in [3.63, 3.8) is 0 Å². The highest BCUT2D eigenvalue weighted by Gasteiger charge is 2.22. The topological polar surface area (TPSA) is 92.4 Å². The second-order valence-electron chi connectivity index (χ2n) is 4.42. The van der Waals surface area contributed by atoms with Crippen LogP contribution in [0, 0.1) is 12.7 Å². The maximum absolute atomic E-state index is 14.0. The van der Waals surface area contributed by atoms with Crippen molar-refractivity contribution in [2.24, 2.45) is 0 Å². The van der Waals surface area contributed by atoms with E-state index in [0.29, 0.717) is 5.56 Å². The van der Waals surface area contributed by atoms with Crippen molar-refractivity contribution in [1.29, 1.82) is 0 Å². The zero-order chi connectivity index (χ0) is 15.8. The van der Waals surface area contributed by atoms with E-state index in [0.717, 1.165) is 6.07 Å². The summed E-state index contributed by atoms with van der Waals surface area (Å²) in [6, 6.07) is 6.54. The number of sulfonamides is 1. The number of nitrogen functional groups attached to an aromatic ring is 1. The summed E-state index contributed by atoms with van der Waals surface area (Å²) in [5.74, 6) is -1.00. The first-order chi connectivity index (χ1) is 9.70. The molecule has 0 amide bonds. The molecule has 0 bridgehead atoms. The van der Waals surface area contributed by atoms with Crippen LogP contribution in [0.25, 0.3) is 0 Å². The number of anilines is 2. The number of phenols is 1. The summed E-state index contributed by atoms with van der Waals surface area (Å²) in [5.41, 5.74) is 6.36. The molecule has 0 atom stereocenters. The maximum atomic E-state index is 14.0. The first kappa shape index (κ1) is 15.6. The number of hydrogen-bond acceptors (Lipinski definition) is 4. The first-order valence-corrected chi connectivity index (χ1v) is 8.05. The van der Waals surface area contributed by atoms with E-state index in [1.165, 1.54) is 18.2 Å². The van der Waals surface area contributed by atoms with E-state index in [1.807, 2.05) is 0 Å². The number of aryl methyl sites for hydroxylation is 1. The van der Waals surface area contributed by atoms with Gasteiger partial charge in [-0.25, -0.2) is 12.8 Å². The van der Waals surface area contributed by atoms with E-state index in [4.69, 9.17) is 5.73 Å². The SMILES string of the molecule is Cc1ccc(NS(=O)(=O)c2cc(N)cc(Br)c2F)cc1O. The molecule has 0 fully saturated rings. The van der Waals surface area contributed by atoms with Gasteiger partial charge in [-0.15, -0.1) is 0 Å². The third kappa shape index (κ3) is 3.27. The standard InChI is InChI=1S/C13H12BrFN2O3S/c1-7-2-3-9(6-11(7)18)17-21(19,20)12-5-8(16)4-10(14)13(12)15/h2-6,17-18H,16H2,1H3. The second kappa shape index (κ2) is 5.53. The molecule has 2 rings (SSSR count). The van der Waals surface area contributed by atoms with E-state index >= 15 is 0 Å². The monoisotopic (exact) mass is 374 g/mol. The zero-order valence-electron chi connectivity index (χ0n) is 10.9. The molecule has 0 aliphatic rings. The minimum absolute atomic E-state index is 0.0466. The van der Waals surface area contributed by atoms with Gasteiger partial charge in [0.2, 0.25) is 0 Å². The summed E-state index contributed by atoms with van der Waals surface area (Å²) in [5, 5.41) is 9.57. The molecule has 5 nitrogen and oxygen atoms in total. The fourth-order valence-electron chi connectivity index (χ4n) is 1.66. The molecule has 0 aromatic heterocycles. The molecule has 0 aliphatic carbocycles. The van der Waals surface area contributed by atoms with Gasteiger partial charge in [-0.05, 0) is 46.6 Å². The molecule has 112 valence electrons. The van der Waals surface area contributed by atoms with Crippen LogP contribution in [0.5, 0.6) is 5.75 Å². The van der Waals surface area contributed by atoms with Gasteiger partial charge in [-0.2, -0.15) is 0 Å². The predicted octanol–water partition coefficient (Wildman–Crippen LogP) is 2.99. The molecule has 0 aliphatic heterocycles. The molecular formula is C13H12BrFN2O3S. The third-order valence-corrected chi connectivity index (χ3v) is 4.73. The summed E-state index contributed by atoms with van der Waals surface area (Å²) in [6.45, 7) is 1.67. The summed E-state index contributed by atoms with van der Waals surface area (Å²) in [6.07, 6.45) is 0. The summed E-state index contributed by atoms with van der Waals surface area (Å²) in [4.78, 5) is -0.575. The Hall–Kier alpha value is -1.80. The molecule has 0 radical (unpaired) electrons. The van der Waals surface area contributed by atoms with Crippen molar-refractivity contribution >= 4 is 37.3 Å². The molecule has 0 saturated carbocycles. The molecule has 0 saturated heterocycles. The molecule has 0 unspecified atom stereocenters. The number of aromatic hydroxyl groups is 1. The summed E-state index contributed by atoms with van der Waals surface area (Å²) >= 11 is 2.91. The predicted molar refractivity (Wildman–Crippen MR) is 82.2 cm³/mol. The van der Waals surface area contributed by atoms with Crippen LogP contribution in [0.15, 0.2) is 39.7 Å². The number of phenolic OH excluding ortho intramolecular Hbond substituents is 1. The largest absolute Gasteiger partial charge is 0.508 e.